The van der Waals surface area contributed by atoms with Crippen molar-refractivity contribution < 1.29 is 0 Å². The first kappa shape index (κ1) is 20.8. The van der Waals surface area contributed by atoms with Crippen LogP contribution >= 0.6 is 0 Å². The van der Waals surface area contributed by atoms with Crippen LogP contribution in [0.25, 0.3) is 50.4 Å². The van der Waals surface area contributed by atoms with E-state index in [2.05, 4.69) is 57.0 Å². The highest BCUT2D eigenvalue weighted by molar-refractivity contribution is 5.95. The van der Waals surface area contributed by atoms with E-state index < -0.39 is 0 Å². The van der Waals surface area contributed by atoms with E-state index in [0.29, 0.717) is 11.6 Å². The Morgan fingerprint density at radius 2 is 1.69 bits per heavy atom. The van der Waals surface area contributed by atoms with Crippen LogP contribution in [-0.4, -0.2) is 24.5 Å². The molecule has 0 amide bonds. The van der Waals surface area contributed by atoms with Gasteiger partial charge >= 0.3 is 0 Å². The standard InChI is InChI=1S/C29H25N7/c30-26-22(5-2-16-33-26)27-35-25-12-11-24(20-4-1-6-23-21(20)13-17-32-23)34-28(25)36(27)19-9-7-18(8-10-19)29(31)14-3-15-29/h1-2,4-13,16-17,32H,3,14-15,31H2,(H2,30,33). The molecule has 1 aliphatic rings. The van der Waals surface area contributed by atoms with Crippen LogP contribution in [0, 0.1) is 0 Å². The second-order valence-corrected chi connectivity index (χ2v) is 9.55. The number of imidazole rings is 1. The molecule has 0 aliphatic heterocycles. The fraction of sp³-hybridized carbons (Fsp3) is 0.138. The van der Waals surface area contributed by atoms with Gasteiger partial charge in [-0.05, 0) is 73.4 Å². The summed E-state index contributed by atoms with van der Waals surface area (Å²) in [5.74, 6) is 1.14. The second kappa shape index (κ2) is 7.76. The Balaban J connectivity index is 1.46. The number of aromatic amines is 1. The van der Waals surface area contributed by atoms with Gasteiger partial charge in [0.15, 0.2) is 11.5 Å². The molecule has 2 aromatic carbocycles. The Morgan fingerprint density at radius 3 is 2.47 bits per heavy atom. The van der Waals surface area contributed by atoms with Crippen molar-refractivity contribution in [3.05, 3.63) is 90.8 Å². The van der Waals surface area contributed by atoms with E-state index >= 15 is 0 Å². The topological polar surface area (TPSA) is 111 Å². The molecule has 36 heavy (non-hydrogen) atoms. The Morgan fingerprint density at radius 1 is 0.861 bits per heavy atom. The van der Waals surface area contributed by atoms with Crippen LogP contribution < -0.4 is 11.5 Å². The molecule has 0 spiro atoms. The van der Waals surface area contributed by atoms with Gasteiger partial charge in [0, 0.05) is 40.1 Å². The molecular formula is C29H25N7. The van der Waals surface area contributed by atoms with E-state index in [1.165, 1.54) is 6.42 Å². The van der Waals surface area contributed by atoms with Crippen molar-refractivity contribution in [3.8, 4) is 28.3 Å². The predicted molar refractivity (Wildman–Crippen MR) is 144 cm³/mol. The van der Waals surface area contributed by atoms with Gasteiger partial charge < -0.3 is 16.5 Å². The third kappa shape index (κ3) is 3.13. The number of hydrogen-bond acceptors (Lipinski definition) is 5. The molecule has 176 valence electrons. The molecule has 7 heteroatoms. The third-order valence-corrected chi connectivity index (χ3v) is 7.40. The van der Waals surface area contributed by atoms with Crippen LogP contribution in [0.2, 0.25) is 0 Å². The highest BCUT2D eigenvalue weighted by Gasteiger charge is 2.34. The molecule has 1 aliphatic carbocycles. The van der Waals surface area contributed by atoms with Crippen LogP contribution in [0.15, 0.2) is 85.2 Å². The van der Waals surface area contributed by atoms with Crippen LogP contribution in [-0.2, 0) is 5.54 Å². The summed E-state index contributed by atoms with van der Waals surface area (Å²) in [6.45, 7) is 0. The fourth-order valence-corrected chi connectivity index (χ4v) is 5.24. The minimum absolute atomic E-state index is 0.215. The zero-order valence-corrected chi connectivity index (χ0v) is 19.6. The molecule has 0 unspecified atom stereocenters. The van der Waals surface area contributed by atoms with E-state index in [9.17, 15) is 0 Å². The second-order valence-electron chi connectivity index (χ2n) is 9.55. The van der Waals surface area contributed by atoms with Gasteiger partial charge in [-0.1, -0.05) is 24.3 Å². The Bertz CT molecular complexity index is 1740. The van der Waals surface area contributed by atoms with E-state index in [1.54, 1.807) is 6.20 Å². The van der Waals surface area contributed by atoms with Crippen molar-refractivity contribution in [1.82, 2.24) is 24.5 Å². The van der Waals surface area contributed by atoms with Gasteiger partial charge in [-0.2, -0.15) is 0 Å². The quantitative estimate of drug-likeness (QED) is 0.312. The summed E-state index contributed by atoms with van der Waals surface area (Å²) in [4.78, 5) is 17.7. The molecule has 7 nitrogen and oxygen atoms in total. The molecule has 0 radical (unpaired) electrons. The lowest BCUT2D eigenvalue weighted by Gasteiger charge is -2.38. The van der Waals surface area contributed by atoms with Crippen molar-refractivity contribution in [3.63, 3.8) is 0 Å². The minimum atomic E-state index is -0.215. The van der Waals surface area contributed by atoms with E-state index in [0.717, 1.165) is 63.0 Å². The maximum absolute atomic E-state index is 6.59. The van der Waals surface area contributed by atoms with Crippen LogP contribution in [0.1, 0.15) is 24.8 Å². The summed E-state index contributed by atoms with van der Waals surface area (Å²) < 4.78 is 2.07. The maximum Gasteiger partial charge on any atom is 0.165 e. The molecule has 5 N–H and O–H groups in total. The molecule has 4 aromatic heterocycles. The molecule has 1 fully saturated rings. The van der Waals surface area contributed by atoms with Crippen LogP contribution in [0.5, 0.6) is 0 Å². The number of rotatable bonds is 4. The monoisotopic (exact) mass is 471 g/mol. The van der Waals surface area contributed by atoms with Gasteiger partial charge in [-0.3, -0.25) is 4.57 Å². The number of nitrogens with one attached hydrogen (secondary N) is 1. The van der Waals surface area contributed by atoms with Crippen molar-refractivity contribution in [2.75, 3.05) is 5.73 Å². The average Bonchev–Trinajstić information content (AvgIpc) is 3.52. The zero-order valence-electron chi connectivity index (χ0n) is 19.6. The summed E-state index contributed by atoms with van der Waals surface area (Å²) >= 11 is 0. The molecular weight excluding hydrogens is 446 g/mol. The number of hydrogen-bond donors (Lipinski definition) is 3. The summed E-state index contributed by atoms with van der Waals surface area (Å²) in [6.07, 6.45) is 6.86. The van der Waals surface area contributed by atoms with E-state index in [4.69, 9.17) is 21.4 Å². The number of nitrogen functional groups attached to an aromatic ring is 1. The highest BCUT2D eigenvalue weighted by Crippen LogP contribution is 2.39. The lowest BCUT2D eigenvalue weighted by atomic mass is 9.73. The number of fused-ring (bicyclic) bond motifs is 2. The van der Waals surface area contributed by atoms with Gasteiger partial charge in [0.1, 0.15) is 11.3 Å². The van der Waals surface area contributed by atoms with Crippen molar-refractivity contribution >= 4 is 27.9 Å². The number of aromatic nitrogens is 5. The molecule has 0 bridgehead atoms. The van der Waals surface area contributed by atoms with Crippen molar-refractivity contribution in [2.24, 2.45) is 5.73 Å². The lowest BCUT2D eigenvalue weighted by molar-refractivity contribution is 0.253. The van der Waals surface area contributed by atoms with Gasteiger partial charge in [-0.15, -0.1) is 0 Å². The number of anilines is 1. The molecule has 4 heterocycles. The molecule has 0 atom stereocenters. The number of pyridine rings is 2. The van der Waals surface area contributed by atoms with Gasteiger partial charge in [-0.25, -0.2) is 15.0 Å². The molecule has 7 rings (SSSR count). The summed E-state index contributed by atoms with van der Waals surface area (Å²) in [5, 5.41) is 1.13. The third-order valence-electron chi connectivity index (χ3n) is 7.40. The van der Waals surface area contributed by atoms with Crippen molar-refractivity contribution in [1.29, 1.82) is 0 Å². The smallest absolute Gasteiger partial charge is 0.165 e. The lowest BCUT2D eigenvalue weighted by Crippen LogP contribution is -2.43. The van der Waals surface area contributed by atoms with Gasteiger partial charge in [0.25, 0.3) is 0 Å². The number of nitrogens with zero attached hydrogens (tertiary/aromatic N) is 4. The number of nitrogens with two attached hydrogens (primary N) is 2. The summed E-state index contributed by atoms with van der Waals surface area (Å²) in [6, 6.07) is 24.6. The maximum atomic E-state index is 6.59. The Hall–Kier alpha value is -4.49. The van der Waals surface area contributed by atoms with E-state index in [1.807, 2.05) is 36.5 Å². The van der Waals surface area contributed by atoms with Crippen LogP contribution in [0.3, 0.4) is 0 Å². The average molecular weight is 472 g/mol. The van der Waals surface area contributed by atoms with Gasteiger partial charge in [0.2, 0.25) is 0 Å². The van der Waals surface area contributed by atoms with E-state index in [-0.39, 0.29) is 5.54 Å². The number of H-pyrrole nitrogens is 1. The summed E-state index contributed by atoms with van der Waals surface area (Å²) in [5.41, 5.74) is 20.1. The Labute approximate surface area is 207 Å². The first-order valence-corrected chi connectivity index (χ1v) is 12.2. The minimum Gasteiger partial charge on any atom is -0.383 e. The predicted octanol–water partition coefficient (Wildman–Crippen LogP) is 5.55. The first-order valence-electron chi connectivity index (χ1n) is 12.2. The van der Waals surface area contributed by atoms with Crippen molar-refractivity contribution in [2.45, 2.75) is 24.8 Å². The fourth-order valence-electron chi connectivity index (χ4n) is 5.24. The SMILES string of the molecule is Nc1ncccc1-c1nc2ccc(-c3cccc4[nH]ccc34)nc2n1-c1ccc(C2(N)CCC2)cc1. The van der Waals surface area contributed by atoms with Gasteiger partial charge in [0.05, 0.1) is 11.3 Å². The zero-order chi connectivity index (χ0) is 24.3. The molecule has 1 saturated carbocycles. The Kier molecular flexibility index (Phi) is 4.49. The molecule has 6 aromatic rings. The number of benzene rings is 2. The highest BCUT2D eigenvalue weighted by atomic mass is 15.1. The largest absolute Gasteiger partial charge is 0.383 e. The first-order chi connectivity index (χ1) is 17.6. The molecule has 0 saturated heterocycles. The van der Waals surface area contributed by atoms with Crippen LogP contribution in [0.4, 0.5) is 5.82 Å². The normalized spacial score (nSPS) is 14.8. The summed E-state index contributed by atoms with van der Waals surface area (Å²) in [7, 11) is 0.